The van der Waals surface area contributed by atoms with Gasteiger partial charge in [0.1, 0.15) is 11.4 Å². The molecule has 1 aliphatic heterocycles. The van der Waals surface area contributed by atoms with Crippen LogP contribution < -0.4 is 5.56 Å². The van der Waals surface area contributed by atoms with E-state index in [0.29, 0.717) is 29.8 Å². The molecule has 0 bridgehead atoms. The summed E-state index contributed by atoms with van der Waals surface area (Å²) >= 11 is 0. The molecule has 2 aromatic rings. The molecular formula is C18H23N3O3. The highest BCUT2D eigenvalue weighted by Crippen LogP contribution is 2.26. The Balaban J connectivity index is 1.71. The van der Waals surface area contributed by atoms with Gasteiger partial charge in [0.05, 0.1) is 10.9 Å². The number of benzene rings is 1. The molecule has 128 valence electrons. The zero-order chi connectivity index (χ0) is 17.3. The summed E-state index contributed by atoms with van der Waals surface area (Å²) in [6.07, 6.45) is 1.25. The molecule has 1 amide bonds. The Labute approximate surface area is 140 Å². The second-order valence-corrected chi connectivity index (χ2v) is 7.21. The SMILES string of the molecule is CC(C)(C)OC(=O)N1CCC(c2nc3ccccc3c(=O)[nH]2)CC1. The molecule has 6 nitrogen and oxygen atoms in total. The summed E-state index contributed by atoms with van der Waals surface area (Å²) in [4.78, 5) is 33.5. The maximum absolute atomic E-state index is 12.2. The number of likely N-dealkylation sites (tertiary alicyclic amines) is 1. The predicted molar refractivity (Wildman–Crippen MR) is 92.1 cm³/mol. The largest absolute Gasteiger partial charge is 0.444 e. The number of nitrogens with zero attached hydrogens (tertiary/aromatic N) is 2. The van der Waals surface area contributed by atoms with Gasteiger partial charge in [-0.05, 0) is 45.7 Å². The van der Waals surface area contributed by atoms with Crippen LogP contribution >= 0.6 is 0 Å². The van der Waals surface area contributed by atoms with E-state index in [1.54, 1.807) is 11.0 Å². The highest BCUT2D eigenvalue weighted by molar-refractivity contribution is 5.77. The number of rotatable bonds is 1. The van der Waals surface area contributed by atoms with Crippen molar-refractivity contribution in [1.29, 1.82) is 0 Å². The van der Waals surface area contributed by atoms with Gasteiger partial charge in [0.2, 0.25) is 0 Å². The molecule has 0 radical (unpaired) electrons. The van der Waals surface area contributed by atoms with Crippen molar-refractivity contribution in [3.8, 4) is 0 Å². The Kier molecular flexibility index (Phi) is 4.30. The lowest BCUT2D eigenvalue weighted by Gasteiger charge is -2.33. The van der Waals surface area contributed by atoms with E-state index in [2.05, 4.69) is 9.97 Å². The molecule has 1 saturated heterocycles. The smallest absolute Gasteiger partial charge is 0.410 e. The number of fused-ring (bicyclic) bond motifs is 1. The van der Waals surface area contributed by atoms with Gasteiger partial charge in [-0.1, -0.05) is 12.1 Å². The van der Waals surface area contributed by atoms with Gasteiger partial charge in [-0.3, -0.25) is 4.79 Å². The second kappa shape index (κ2) is 6.26. The summed E-state index contributed by atoms with van der Waals surface area (Å²) in [5.41, 5.74) is 0.120. The number of ether oxygens (including phenoxy) is 1. The first-order valence-electron chi connectivity index (χ1n) is 8.30. The van der Waals surface area contributed by atoms with Crippen LogP contribution in [-0.2, 0) is 4.74 Å². The quantitative estimate of drug-likeness (QED) is 0.872. The molecule has 1 aromatic heterocycles. The zero-order valence-corrected chi connectivity index (χ0v) is 14.3. The van der Waals surface area contributed by atoms with E-state index in [1.165, 1.54) is 0 Å². The molecular weight excluding hydrogens is 306 g/mol. The van der Waals surface area contributed by atoms with Gasteiger partial charge < -0.3 is 14.6 Å². The van der Waals surface area contributed by atoms with Crippen LogP contribution in [0, 0.1) is 0 Å². The number of nitrogens with one attached hydrogen (secondary N) is 1. The van der Waals surface area contributed by atoms with Crippen molar-refractivity contribution in [3.63, 3.8) is 0 Å². The Morgan fingerprint density at radius 1 is 1.25 bits per heavy atom. The number of para-hydroxylation sites is 1. The van der Waals surface area contributed by atoms with Crippen molar-refractivity contribution < 1.29 is 9.53 Å². The number of aromatic amines is 1. The fourth-order valence-corrected chi connectivity index (χ4v) is 2.96. The van der Waals surface area contributed by atoms with E-state index in [-0.39, 0.29) is 17.6 Å². The van der Waals surface area contributed by atoms with Crippen molar-refractivity contribution >= 4 is 17.0 Å². The molecule has 2 heterocycles. The van der Waals surface area contributed by atoms with E-state index in [1.807, 2.05) is 39.0 Å². The monoisotopic (exact) mass is 329 g/mol. The fraction of sp³-hybridized carbons (Fsp3) is 0.500. The molecule has 1 aliphatic rings. The summed E-state index contributed by atoms with van der Waals surface area (Å²) in [5.74, 6) is 0.864. The minimum absolute atomic E-state index is 0.106. The molecule has 1 aromatic carbocycles. The first-order chi connectivity index (χ1) is 11.3. The molecule has 1 fully saturated rings. The van der Waals surface area contributed by atoms with Crippen molar-refractivity contribution in [3.05, 3.63) is 40.4 Å². The van der Waals surface area contributed by atoms with Crippen molar-refractivity contribution in [2.24, 2.45) is 0 Å². The molecule has 24 heavy (non-hydrogen) atoms. The summed E-state index contributed by atoms with van der Waals surface area (Å²) in [7, 11) is 0. The standard InChI is InChI=1S/C18H23N3O3/c1-18(2,3)24-17(23)21-10-8-12(9-11-21)15-19-14-7-5-4-6-13(14)16(22)20-15/h4-7,12H,8-11H2,1-3H3,(H,19,20,22). The summed E-state index contributed by atoms with van der Waals surface area (Å²) in [6, 6.07) is 7.34. The molecule has 0 aliphatic carbocycles. The van der Waals surface area contributed by atoms with Crippen LogP contribution in [0.1, 0.15) is 45.4 Å². The number of carbonyl (C=O) groups excluding carboxylic acids is 1. The topological polar surface area (TPSA) is 75.3 Å². The van der Waals surface area contributed by atoms with E-state index in [4.69, 9.17) is 4.74 Å². The van der Waals surface area contributed by atoms with Gasteiger partial charge in [0, 0.05) is 19.0 Å². The average molecular weight is 329 g/mol. The molecule has 0 spiro atoms. The third kappa shape index (κ3) is 3.58. The van der Waals surface area contributed by atoms with Crippen molar-refractivity contribution in [2.45, 2.75) is 45.1 Å². The van der Waals surface area contributed by atoms with E-state index < -0.39 is 5.60 Å². The van der Waals surface area contributed by atoms with Crippen LogP contribution in [0.4, 0.5) is 4.79 Å². The Hall–Kier alpha value is -2.37. The third-order valence-corrected chi connectivity index (χ3v) is 4.16. The van der Waals surface area contributed by atoms with Crippen LogP contribution in [0.3, 0.4) is 0 Å². The number of hydrogen-bond acceptors (Lipinski definition) is 4. The van der Waals surface area contributed by atoms with Gasteiger partial charge in [-0.15, -0.1) is 0 Å². The highest BCUT2D eigenvalue weighted by Gasteiger charge is 2.28. The number of H-pyrrole nitrogens is 1. The molecule has 0 saturated carbocycles. The second-order valence-electron chi connectivity index (χ2n) is 7.21. The lowest BCUT2D eigenvalue weighted by molar-refractivity contribution is 0.0203. The Morgan fingerprint density at radius 2 is 1.92 bits per heavy atom. The van der Waals surface area contributed by atoms with Gasteiger partial charge >= 0.3 is 6.09 Å². The lowest BCUT2D eigenvalue weighted by Crippen LogP contribution is -2.41. The minimum atomic E-state index is -0.487. The third-order valence-electron chi connectivity index (χ3n) is 4.16. The van der Waals surface area contributed by atoms with Crippen LogP contribution in [0.5, 0.6) is 0 Å². The summed E-state index contributed by atoms with van der Waals surface area (Å²) in [6.45, 7) is 6.80. The first-order valence-corrected chi connectivity index (χ1v) is 8.30. The van der Waals surface area contributed by atoms with Crippen LogP contribution in [0.25, 0.3) is 10.9 Å². The highest BCUT2D eigenvalue weighted by atomic mass is 16.6. The number of carbonyl (C=O) groups is 1. The van der Waals surface area contributed by atoms with E-state index in [0.717, 1.165) is 12.8 Å². The van der Waals surface area contributed by atoms with Gasteiger partial charge in [0.15, 0.2) is 0 Å². The molecule has 3 rings (SSSR count). The predicted octanol–water partition coefficient (Wildman–Crippen LogP) is 3.04. The molecule has 1 N–H and O–H groups in total. The van der Waals surface area contributed by atoms with E-state index in [9.17, 15) is 9.59 Å². The summed E-state index contributed by atoms with van der Waals surface area (Å²) in [5, 5.41) is 0.604. The number of hydrogen-bond donors (Lipinski definition) is 1. The molecule has 6 heteroatoms. The normalized spacial score (nSPS) is 16.4. The number of amides is 1. The summed E-state index contributed by atoms with van der Waals surface area (Å²) < 4.78 is 5.41. The first kappa shape index (κ1) is 16.5. The van der Waals surface area contributed by atoms with E-state index >= 15 is 0 Å². The zero-order valence-electron chi connectivity index (χ0n) is 14.3. The maximum Gasteiger partial charge on any atom is 0.410 e. The van der Waals surface area contributed by atoms with Gasteiger partial charge in [-0.25, -0.2) is 9.78 Å². The molecule has 0 unspecified atom stereocenters. The number of aromatic nitrogens is 2. The average Bonchev–Trinajstić information content (AvgIpc) is 2.53. The number of piperidine rings is 1. The van der Waals surface area contributed by atoms with Crippen molar-refractivity contribution in [1.82, 2.24) is 14.9 Å². The van der Waals surface area contributed by atoms with Gasteiger partial charge in [0.25, 0.3) is 5.56 Å². The molecule has 0 atom stereocenters. The lowest BCUT2D eigenvalue weighted by atomic mass is 9.96. The minimum Gasteiger partial charge on any atom is -0.444 e. The van der Waals surface area contributed by atoms with Crippen LogP contribution in [-0.4, -0.2) is 39.7 Å². The Morgan fingerprint density at radius 3 is 2.58 bits per heavy atom. The van der Waals surface area contributed by atoms with Crippen molar-refractivity contribution in [2.75, 3.05) is 13.1 Å². The van der Waals surface area contributed by atoms with Crippen LogP contribution in [0.2, 0.25) is 0 Å². The Bertz CT molecular complexity index is 799. The maximum atomic E-state index is 12.2. The van der Waals surface area contributed by atoms with Crippen LogP contribution in [0.15, 0.2) is 29.1 Å². The fourth-order valence-electron chi connectivity index (χ4n) is 2.96. The van der Waals surface area contributed by atoms with Gasteiger partial charge in [-0.2, -0.15) is 0 Å².